The predicted molar refractivity (Wildman–Crippen MR) is 60.5 cm³/mol. The number of halogens is 1. The van der Waals surface area contributed by atoms with Crippen molar-refractivity contribution in [2.75, 3.05) is 18.5 Å². The molecule has 0 spiro atoms. The minimum Gasteiger partial charge on any atom is -0.396 e. The van der Waals surface area contributed by atoms with Gasteiger partial charge >= 0.3 is 0 Å². The Balaban J connectivity index is 2.65. The highest BCUT2D eigenvalue weighted by atomic mass is 19.1. The lowest BCUT2D eigenvalue weighted by Crippen LogP contribution is -2.26. The number of hydrogen-bond acceptors (Lipinski definition) is 2. The third-order valence-corrected chi connectivity index (χ3v) is 2.24. The summed E-state index contributed by atoms with van der Waals surface area (Å²) in [5.41, 5.74) is 1.45. The van der Waals surface area contributed by atoms with E-state index in [2.05, 4.69) is 5.32 Å². The molecular weight excluding hydrogens is 193 g/mol. The van der Waals surface area contributed by atoms with E-state index in [4.69, 9.17) is 5.11 Å². The summed E-state index contributed by atoms with van der Waals surface area (Å²) in [5.74, 6) is -0.237. The van der Waals surface area contributed by atoms with Gasteiger partial charge in [0, 0.05) is 24.3 Å². The Morgan fingerprint density at radius 2 is 2.00 bits per heavy atom. The van der Waals surface area contributed by atoms with Gasteiger partial charge in [0.25, 0.3) is 0 Å². The van der Waals surface area contributed by atoms with Crippen LogP contribution < -0.4 is 5.32 Å². The molecule has 0 heterocycles. The summed E-state index contributed by atoms with van der Waals surface area (Å²) < 4.78 is 13.0. The van der Waals surface area contributed by atoms with E-state index < -0.39 is 0 Å². The van der Waals surface area contributed by atoms with E-state index in [0.717, 1.165) is 11.3 Å². The van der Waals surface area contributed by atoms with Crippen LogP contribution in [0, 0.1) is 18.2 Å². The number of aliphatic hydroxyl groups is 1. The molecule has 15 heavy (non-hydrogen) atoms. The van der Waals surface area contributed by atoms with Crippen molar-refractivity contribution in [1.29, 1.82) is 0 Å². The highest BCUT2D eigenvalue weighted by Gasteiger charge is 2.15. The molecule has 3 heteroatoms. The zero-order chi connectivity index (χ0) is 11.5. The van der Waals surface area contributed by atoms with Crippen molar-refractivity contribution >= 4 is 5.69 Å². The summed E-state index contributed by atoms with van der Waals surface area (Å²) in [4.78, 5) is 0. The first-order chi connectivity index (χ1) is 6.93. The maximum atomic E-state index is 13.0. The molecule has 2 N–H and O–H groups in total. The van der Waals surface area contributed by atoms with E-state index in [9.17, 15) is 4.39 Å². The second kappa shape index (κ2) is 4.62. The van der Waals surface area contributed by atoms with Crippen LogP contribution in [0.5, 0.6) is 0 Å². The highest BCUT2D eigenvalue weighted by Crippen LogP contribution is 2.17. The first kappa shape index (κ1) is 12.0. The Labute approximate surface area is 90.1 Å². The quantitative estimate of drug-likeness (QED) is 0.802. The summed E-state index contributed by atoms with van der Waals surface area (Å²) in [5, 5.41) is 12.2. The molecule has 0 aliphatic carbocycles. The molecule has 0 amide bonds. The molecule has 1 aromatic rings. The normalized spacial score (nSPS) is 11.5. The molecule has 0 unspecified atom stereocenters. The van der Waals surface area contributed by atoms with Crippen molar-refractivity contribution < 1.29 is 9.50 Å². The van der Waals surface area contributed by atoms with Crippen LogP contribution in [0.3, 0.4) is 0 Å². The van der Waals surface area contributed by atoms with E-state index >= 15 is 0 Å². The van der Waals surface area contributed by atoms with E-state index in [-0.39, 0.29) is 17.8 Å². The first-order valence-electron chi connectivity index (χ1n) is 5.05. The number of hydrogen-bond donors (Lipinski definition) is 2. The average Bonchev–Trinajstić information content (AvgIpc) is 2.14. The summed E-state index contributed by atoms with van der Waals surface area (Å²) in [6.07, 6.45) is 0. The summed E-state index contributed by atoms with van der Waals surface area (Å²) in [6, 6.07) is 4.83. The lowest BCUT2D eigenvalue weighted by molar-refractivity contribution is 0.171. The van der Waals surface area contributed by atoms with Crippen molar-refractivity contribution in [2.45, 2.75) is 20.8 Å². The van der Waals surface area contributed by atoms with E-state index in [1.54, 1.807) is 0 Å². The lowest BCUT2D eigenvalue weighted by Gasteiger charge is -2.22. The first-order valence-corrected chi connectivity index (χ1v) is 5.05. The maximum absolute atomic E-state index is 13.0. The number of aryl methyl sites for hydroxylation is 1. The third-order valence-electron chi connectivity index (χ3n) is 2.24. The van der Waals surface area contributed by atoms with Crippen molar-refractivity contribution in [3.05, 3.63) is 29.6 Å². The molecule has 0 atom stereocenters. The van der Waals surface area contributed by atoms with Gasteiger partial charge in [-0.1, -0.05) is 13.8 Å². The molecule has 0 aliphatic heterocycles. The highest BCUT2D eigenvalue weighted by molar-refractivity contribution is 5.46. The van der Waals surface area contributed by atoms with Gasteiger partial charge in [-0.05, 0) is 30.7 Å². The van der Waals surface area contributed by atoms with Crippen molar-refractivity contribution in [1.82, 2.24) is 0 Å². The second-order valence-electron chi connectivity index (χ2n) is 4.69. The molecular formula is C12H18FNO. The molecule has 0 saturated carbocycles. The van der Waals surface area contributed by atoms with Gasteiger partial charge < -0.3 is 10.4 Å². The lowest BCUT2D eigenvalue weighted by atomic mass is 9.95. The van der Waals surface area contributed by atoms with Crippen LogP contribution in [-0.2, 0) is 0 Å². The van der Waals surface area contributed by atoms with E-state index in [0.29, 0.717) is 6.54 Å². The minimum absolute atomic E-state index is 0.105. The molecule has 0 fully saturated rings. The SMILES string of the molecule is Cc1cc(F)cc(NCC(C)(C)CO)c1. The molecule has 0 radical (unpaired) electrons. The van der Waals surface area contributed by atoms with Gasteiger partial charge in [0.15, 0.2) is 0 Å². The zero-order valence-corrected chi connectivity index (χ0v) is 9.47. The topological polar surface area (TPSA) is 32.3 Å². The average molecular weight is 211 g/mol. The van der Waals surface area contributed by atoms with Gasteiger partial charge in [-0.2, -0.15) is 0 Å². The number of aliphatic hydroxyl groups excluding tert-OH is 1. The fourth-order valence-corrected chi connectivity index (χ4v) is 1.24. The Kier molecular flexibility index (Phi) is 3.69. The number of anilines is 1. The van der Waals surface area contributed by atoms with Crippen LogP contribution >= 0.6 is 0 Å². The number of rotatable bonds is 4. The van der Waals surface area contributed by atoms with Crippen LogP contribution in [0.1, 0.15) is 19.4 Å². The molecule has 0 saturated heterocycles. The van der Waals surface area contributed by atoms with Crippen LogP contribution in [0.2, 0.25) is 0 Å². The van der Waals surface area contributed by atoms with Gasteiger partial charge in [0.2, 0.25) is 0 Å². The van der Waals surface area contributed by atoms with Crippen molar-refractivity contribution in [3.63, 3.8) is 0 Å². The molecule has 2 nitrogen and oxygen atoms in total. The van der Waals surface area contributed by atoms with Gasteiger partial charge in [-0.15, -0.1) is 0 Å². The summed E-state index contributed by atoms with van der Waals surface area (Å²) >= 11 is 0. The molecule has 0 bridgehead atoms. The minimum atomic E-state index is -0.237. The standard InChI is InChI=1S/C12H18FNO/c1-9-4-10(13)6-11(5-9)14-7-12(2,3)8-15/h4-6,14-15H,7-8H2,1-3H3. The molecule has 0 aliphatic rings. The summed E-state index contributed by atoms with van der Waals surface area (Å²) in [7, 11) is 0. The zero-order valence-electron chi connectivity index (χ0n) is 9.47. The molecule has 1 aromatic carbocycles. The van der Waals surface area contributed by atoms with Crippen LogP contribution in [0.25, 0.3) is 0 Å². The van der Waals surface area contributed by atoms with Gasteiger partial charge in [-0.3, -0.25) is 0 Å². The van der Waals surface area contributed by atoms with Crippen LogP contribution in [-0.4, -0.2) is 18.3 Å². The fourth-order valence-electron chi connectivity index (χ4n) is 1.24. The summed E-state index contributed by atoms with van der Waals surface area (Å²) in [6.45, 7) is 6.48. The number of benzene rings is 1. The van der Waals surface area contributed by atoms with E-state index in [1.165, 1.54) is 12.1 Å². The second-order valence-corrected chi connectivity index (χ2v) is 4.69. The van der Waals surface area contributed by atoms with Crippen molar-refractivity contribution in [3.8, 4) is 0 Å². The monoisotopic (exact) mass is 211 g/mol. The smallest absolute Gasteiger partial charge is 0.125 e. The van der Waals surface area contributed by atoms with Crippen LogP contribution in [0.15, 0.2) is 18.2 Å². The molecule has 1 rings (SSSR count). The molecule has 0 aromatic heterocycles. The van der Waals surface area contributed by atoms with E-state index in [1.807, 2.05) is 26.8 Å². The fraction of sp³-hybridized carbons (Fsp3) is 0.500. The third kappa shape index (κ3) is 3.88. The van der Waals surface area contributed by atoms with Gasteiger partial charge in [0.1, 0.15) is 5.82 Å². The number of nitrogens with one attached hydrogen (secondary N) is 1. The Bertz CT molecular complexity index is 316. The van der Waals surface area contributed by atoms with Gasteiger partial charge in [0.05, 0.1) is 0 Å². The largest absolute Gasteiger partial charge is 0.396 e. The molecule has 84 valence electrons. The maximum Gasteiger partial charge on any atom is 0.125 e. The Hall–Kier alpha value is -1.09. The van der Waals surface area contributed by atoms with Gasteiger partial charge in [-0.25, -0.2) is 4.39 Å². The van der Waals surface area contributed by atoms with Crippen LogP contribution in [0.4, 0.5) is 10.1 Å². The Morgan fingerprint density at radius 3 is 2.53 bits per heavy atom. The Morgan fingerprint density at radius 1 is 1.33 bits per heavy atom. The van der Waals surface area contributed by atoms with Crippen molar-refractivity contribution in [2.24, 2.45) is 5.41 Å². The predicted octanol–water partition coefficient (Wildman–Crippen LogP) is 2.56.